The van der Waals surface area contributed by atoms with Crippen molar-refractivity contribution in [3.63, 3.8) is 0 Å². The molecule has 0 aliphatic rings. The van der Waals surface area contributed by atoms with Crippen LogP contribution in [0.4, 0.5) is 25.2 Å². The molecule has 0 aliphatic carbocycles. The van der Waals surface area contributed by atoms with Gasteiger partial charge in [0.1, 0.15) is 0 Å². The second-order valence-corrected chi connectivity index (χ2v) is 14.2. The third kappa shape index (κ3) is 26.2. The Morgan fingerprint density at radius 1 is 0.370 bits per heavy atom. The first-order valence-electron chi connectivity index (χ1n) is 11.7. The molecule has 4 aromatic carbocycles. The number of hydrogen-bond donors (Lipinski definition) is 0. The molecule has 243 valence electrons. The Morgan fingerprint density at radius 3 is 0.630 bits per heavy atom. The fourth-order valence-electron chi connectivity index (χ4n) is 3.45. The van der Waals surface area contributed by atoms with E-state index < -0.39 is 7.81 Å². The van der Waals surface area contributed by atoms with Gasteiger partial charge in [0.05, 0.1) is 0 Å². The van der Waals surface area contributed by atoms with E-state index in [1.807, 2.05) is 0 Å². The summed E-state index contributed by atoms with van der Waals surface area (Å²) < 4.78 is 96.7. The van der Waals surface area contributed by atoms with E-state index in [-0.39, 0.29) is 32.9 Å². The summed E-state index contributed by atoms with van der Waals surface area (Å²) >= 11 is 0. The van der Waals surface area contributed by atoms with Crippen molar-refractivity contribution in [3.8, 4) is 0 Å². The zero-order valence-electron chi connectivity index (χ0n) is 23.5. The van der Waals surface area contributed by atoms with Gasteiger partial charge in [-0.15, -0.1) is 0 Å². The van der Waals surface area contributed by atoms with Crippen LogP contribution in [0.15, 0.2) is 121 Å². The number of benzene rings is 4. The molecular formula is C31H24F6MnO5P3-. The molecule has 15 heteroatoms. The largest absolute Gasteiger partial charge is 0.0622 e. The molecule has 0 aromatic heterocycles. The summed E-state index contributed by atoms with van der Waals surface area (Å²) in [6, 6.07) is 44.2. The molecule has 0 saturated heterocycles. The maximum Gasteiger partial charge on any atom is 0 e. The Labute approximate surface area is 276 Å². The Hall–Kier alpha value is -3.03. The van der Waals surface area contributed by atoms with Crippen LogP contribution in [0.2, 0.25) is 0 Å². The normalized spacial score (nSPS) is 10.5. The molecule has 5 nitrogen and oxygen atoms in total. The molecule has 0 aliphatic heterocycles. The van der Waals surface area contributed by atoms with Crippen molar-refractivity contribution in [1.29, 1.82) is 0 Å². The van der Waals surface area contributed by atoms with Crippen LogP contribution in [0.25, 0.3) is 0 Å². The molecule has 0 spiro atoms. The second-order valence-electron chi connectivity index (χ2n) is 7.60. The summed E-state index contributed by atoms with van der Waals surface area (Å²) in [5, 5.41) is 5.89. The average Bonchev–Trinajstić information content (AvgIpc) is 3.08. The van der Waals surface area contributed by atoms with E-state index in [1.165, 1.54) is 33.5 Å². The summed E-state index contributed by atoms with van der Waals surface area (Å²) in [5.41, 5.74) is 0. The monoisotopic (exact) mass is 738 g/mol. The predicted octanol–water partition coefficient (Wildman–Crippen LogP) is 8.44. The SMILES string of the molecule is F[P-](F)(F)(F)(F)F.[C-]#[O+].[C-]#[O+].[C-]#[O+].[C-]#[O+].[C-]#[O+].[Mn].c1ccc(P(CCP(c2ccccc2)c2ccccc2)c2ccccc2)cc1. The third-order valence-electron chi connectivity index (χ3n) is 4.82. The Kier molecular flexibility index (Phi) is 28.3. The topological polar surface area (TPSA) is 99.5 Å². The smallest absolute Gasteiger partial charge is 0 e. The molecule has 4 aromatic rings. The van der Waals surface area contributed by atoms with Crippen LogP contribution in [0, 0.1) is 33.3 Å². The first kappa shape index (κ1) is 49.8. The van der Waals surface area contributed by atoms with Crippen LogP contribution in [0.1, 0.15) is 0 Å². The van der Waals surface area contributed by atoms with Crippen LogP contribution < -0.4 is 21.2 Å². The molecule has 0 fully saturated rings. The van der Waals surface area contributed by atoms with E-state index in [0.29, 0.717) is 0 Å². The van der Waals surface area contributed by atoms with Crippen LogP contribution in [-0.4, -0.2) is 12.3 Å². The Morgan fingerprint density at radius 2 is 0.500 bits per heavy atom. The minimum absolute atomic E-state index is 0. The number of rotatable bonds is 7. The van der Waals surface area contributed by atoms with Gasteiger partial charge in [0.15, 0.2) is 0 Å². The fraction of sp³-hybridized carbons (Fsp3) is 0.0645. The molecule has 0 unspecified atom stereocenters. The second kappa shape index (κ2) is 26.1. The molecular weight excluding hydrogens is 714 g/mol. The predicted molar refractivity (Wildman–Crippen MR) is 161 cm³/mol. The first-order valence-corrected chi connectivity index (χ1v) is 16.8. The van der Waals surface area contributed by atoms with Gasteiger partial charge in [-0.25, -0.2) is 0 Å². The average molecular weight is 738 g/mol. The van der Waals surface area contributed by atoms with Gasteiger partial charge < -0.3 is 0 Å². The van der Waals surface area contributed by atoms with E-state index in [0.717, 1.165) is 0 Å². The molecule has 0 N–H and O–H groups in total. The summed E-state index contributed by atoms with van der Waals surface area (Å²) in [7, 11) is -11.4. The van der Waals surface area contributed by atoms with Crippen LogP contribution in [0.3, 0.4) is 0 Å². The van der Waals surface area contributed by atoms with E-state index in [2.05, 4.69) is 155 Å². The zero-order valence-corrected chi connectivity index (χ0v) is 27.4. The first-order chi connectivity index (χ1) is 21.4. The van der Waals surface area contributed by atoms with Crippen molar-refractivity contribution < 1.29 is 65.5 Å². The van der Waals surface area contributed by atoms with Gasteiger partial charge in [0, 0.05) is 17.1 Å². The maximum atomic E-state index is 9.87. The van der Waals surface area contributed by atoms with Crippen molar-refractivity contribution in [3.05, 3.63) is 155 Å². The van der Waals surface area contributed by atoms with Crippen molar-refractivity contribution in [2.45, 2.75) is 0 Å². The van der Waals surface area contributed by atoms with Crippen LogP contribution in [-0.2, 0) is 40.3 Å². The number of hydrogen-bond acceptors (Lipinski definition) is 0. The zero-order chi connectivity index (χ0) is 35.4. The summed E-state index contributed by atoms with van der Waals surface area (Å²) in [6.45, 7) is 22.5. The molecule has 4 rings (SSSR count). The molecule has 46 heavy (non-hydrogen) atoms. The van der Waals surface area contributed by atoms with E-state index in [4.69, 9.17) is 23.3 Å². The Balaban J connectivity index is -0.000000418. The van der Waals surface area contributed by atoms with Gasteiger partial charge in [-0.3, -0.25) is 0 Å². The van der Waals surface area contributed by atoms with Crippen LogP contribution in [0.5, 0.6) is 0 Å². The van der Waals surface area contributed by atoms with Crippen molar-refractivity contribution in [2.75, 3.05) is 12.3 Å². The van der Waals surface area contributed by atoms with Crippen molar-refractivity contribution >= 4 is 44.9 Å². The third-order valence-corrected chi connectivity index (χ3v) is 10.2. The minimum atomic E-state index is -10.7. The van der Waals surface area contributed by atoms with E-state index in [9.17, 15) is 25.2 Å². The summed E-state index contributed by atoms with van der Waals surface area (Å²) in [6.07, 6.45) is 2.41. The fourth-order valence-corrected chi connectivity index (χ4v) is 8.80. The van der Waals surface area contributed by atoms with Gasteiger partial charge in [-0.1, -0.05) is 121 Å². The van der Waals surface area contributed by atoms with Crippen molar-refractivity contribution in [2.24, 2.45) is 0 Å². The maximum absolute atomic E-state index is 10.7. The van der Waals surface area contributed by atoms with Gasteiger partial charge in [-0.05, 0) is 49.4 Å². The van der Waals surface area contributed by atoms with Gasteiger partial charge in [0.2, 0.25) is 0 Å². The minimum Gasteiger partial charge on any atom is -0.0622 e. The van der Waals surface area contributed by atoms with Gasteiger partial charge in [0.25, 0.3) is 0 Å². The van der Waals surface area contributed by atoms with E-state index in [1.54, 1.807) is 0 Å². The molecule has 0 saturated carbocycles. The molecule has 1 radical (unpaired) electrons. The number of halogens is 6. The quantitative estimate of drug-likeness (QED) is 0.0598. The van der Waals surface area contributed by atoms with Crippen molar-refractivity contribution in [1.82, 2.24) is 0 Å². The summed E-state index contributed by atoms with van der Waals surface area (Å²) in [4.78, 5) is 0. The van der Waals surface area contributed by atoms with Gasteiger partial charge in [-0.2, -0.15) is 0 Å². The molecule has 0 bridgehead atoms. The Bertz CT molecular complexity index is 1220. The molecule has 0 atom stereocenters. The standard InChI is InChI=1S/C26H24P2.5CO.F6P.Mn/c1-5-13-23(14-6-1)27(24-15-7-2-8-16-24)21-22-28(25-17-9-3-10-18-25)26-19-11-4-12-20-26;5*1-2;1-7(2,3,4,5)6;/h1-20H,21-22H2;;;;;;;/q;;;;;;-1;. The van der Waals surface area contributed by atoms with Crippen LogP contribution >= 0.6 is 23.7 Å². The molecule has 0 amide bonds. The van der Waals surface area contributed by atoms with E-state index >= 15 is 0 Å². The van der Waals surface area contributed by atoms with Gasteiger partial charge >= 0.3 is 89.5 Å². The summed E-state index contributed by atoms with van der Waals surface area (Å²) in [5.74, 6) is 0. The molecule has 0 heterocycles.